The van der Waals surface area contributed by atoms with Gasteiger partial charge in [0.1, 0.15) is 0 Å². The van der Waals surface area contributed by atoms with E-state index in [-0.39, 0.29) is 6.10 Å². The normalized spacial score (nSPS) is 32.1. The number of hydrogen-bond donors (Lipinski definition) is 3. The Morgan fingerprint density at radius 3 is 2.44 bits per heavy atom. The smallest absolute Gasteiger partial charge is 0.0568 e. The Morgan fingerprint density at radius 1 is 1.25 bits per heavy atom. The molecule has 1 rings (SSSR count). The van der Waals surface area contributed by atoms with Crippen molar-refractivity contribution in [2.75, 3.05) is 13.1 Å². The number of aliphatic hydroxyl groups excluding tert-OH is 1. The van der Waals surface area contributed by atoms with Crippen molar-refractivity contribution in [3.63, 3.8) is 0 Å². The van der Waals surface area contributed by atoms with Crippen LogP contribution in [-0.4, -0.2) is 36.4 Å². The van der Waals surface area contributed by atoms with E-state index in [2.05, 4.69) is 38.3 Å². The highest BCUT2D eigenvalue weighted by atomic mass is 16.3. The molecule has 1 aliphatic rings. The van der Waals surface area contributed by atoms with E-state index < -0.39 is 0 Å². The van der Waals surface area contributed by atoms with Gasteiger partial charge in [0.25, 0.3) is 0 Å². The van der Waals surface area contributed by atoms with Gasteiger partial charge in [-0.15, -0.1) is 0 Å². The van der Waals surface area contributed by atoms with Crippen molar-refractivity contribution in [3.05, 3.63) is 0 Å². The molecule has 0 aromatic heterocycles. The van der Waals surface area contributed by atoms with Crippen molar-refractivity contribution in [2.24, 2.45) is 11.8 Å². The second-order valence-electron chi connectivity index (χ2n) is 5.24. The summed E-state index contributed by atoms with van der Waals surface area (Å²) in [6.45, 7) is 10.8. The molecule has 1 heterocycles. The van der Waals surface area contributed by atoms with Gasteiger partial charge in [0, 0.05) is 25.2 Å². The number of rotatable bonds is 5. The Bertz CT molecular complexity index is 198. The summed E-state index contributed by atoms with van der Waals surface area (Å²) in [6, 6.07) is 1.03. The third-order valence-electron chi connectivity index (χ3n) is 4.01. The summed E-state index contributed by atoms with van der Waals surface area (Å²) >= 11 is 0. The molecule has 3 N–H and O–H groups in total. The van der Waals surface area contributed by atoms with Crippen molar-refractivity contribution >= 4 is 0 Å². The molecule has 0 aliphatic carbocycles. The van der Waals surface area contributed by atoms with E-state index in [1.54, 1.807) is 0 Å². The molecular formula is C13H28N2O. The Labute approximate surface area is 100 Å². The SMILES string of the molecule is CCC(O)C(CC)C(C)C1CNCC(C)N1. The fourth-order valence-electron chi connectivity index (χ4n) is 2.87. The van der Waals surface area contributed by atoms with E-state index in [9.17, 15) is 5.11 Å². The maximum Gasteiger partial charge on any atom is 0.0568 e. The molecule has 1 saturated heterocycles. The van der Waals surface area contributed by atoms with Crippen molar-refractivity contribution in [3.8, 4) is 0 Å². The lowest BCUT2D eigenvalue weighted by atomic mass is 9.80. The summed E-state index contributed by atoms with van der Waals surface area (Å²) in [5.41, 5.74) is 0. The maximum absolute atomic E-state index is 10.0. The molecule has 5 unspecified atom stereocenters. The van der Waals surface area contributed by atoms with Crippen LogP contribution in [0.3, 0.4) is 0 Å². The van der Waals surface area contributed by atoms with Crippen LogP contribution in [0.2, 0.25) is 0 Å². The molecule has 1 fully saturated rings. The summed E-state index contributed by atoms with van der Waals surface area (Å²) in [5, 5.41) is 17.1. The minimum atomic E-state index is -0.154. The van der Waals surface area contributed by atoms with Crippen LogP contribution in [0.25, 0.3) is 0 Å². The van der Waals surface area contributed by atoms with Gasteiger partial charge in [0.2, 0.25) is 0 Å². The summed E-state index contributed by atoms with van der Waals surface area (Å²) in [4.78, 5) is 0. The zero-order valence-electron chi connectivity index (χ0n) is 11.2. The van der Waals surface area contributed by atoms with E-state index in [0.29, 0.717) is 23.9 Å². The highest BCUT2D eigenvalue weighted by molar-refractivity contribution is 4.88. The molecule has 0 radical (unpaired) electrons. The number of piperazine rings is 1. The molecule has 0 bridgehead atoms. The highest BCUT2D eigenvalue weighted by Crippen LogP contribution is 2.25. The van der Waals surface area contributed by atoms with E-state index in [4.69, 9.17) is 0 Å². The Morgan fingerprint density at radius 2 is 1.94 bits per heavy atom. The van der Waals surface area contributed by atoms with Crippen LogP contribution in [0.1, 0.15) is 40.5 Å². The highest BCUT2D eigenvalue weighted by Gasteiger charge is 2.30. The predicted molar refractivity (Wildman–Crippen MR) is 68.5 cm³/mol. The van der Waals surface area contributed by atoms with Gasteiger partial charge in [-0.05, 0) is 25.2 Å². The third-order valence-corrected chi connectivity index (χ3v) is 4.01. The van der Waals surface area contributed by atoms with Gasteiger partial charge in [-0.3, -0.25) is 0 Å². The first-order valence-corrected chi connectivity index (χ1v) is 6.74. The van der Waals surface area contributed by atoms with Crippen LogP contribution < -0.4 is 10.6 Å². The van der Waals surface area contributed by atoms with Gasteiger partial charge in [-0.1, -0.05) is 27.2 Å². The molecule has 1 aliphatic heterocycles. The lowest BCUT2D eigenvalue weighted by Gasteiger charge is -2.38. The fraction of sp³-hybridized carbons (Fsp3) is 1.00. The van der Waals surface area contributed by atoms with Gasteiger partial charge >= 0.3 is 0 Å². The van der Waals surface area contributed by atoms with Crippen LogP contribution >= 0.6 is 0 Å². The molecule has 3 heteroatoms. The summed E-state index contributed by atoms with van der Waals surface area (Å²) in [5.74, 6) is 0.935. The summed E-state index contributed by atoms with van der Waals surface area (Å²) in [6.07, 6.45) is 1.76. The van der Waals surface area contributed by atoms with E-state index in [1.807, 2.05) is 0 Å². The van der Waals surface area contributed by atoms with Crippen LogP contribution in [0.5, 0.6) is 0 Å². The van der Waals surface area contributed by atoms with Gasteiger partial charge in [0.05, 0.1) is 6.10 Å². The average molecular weight is 228 g/mol. The van der Waals surface area contributed by atoms with Gasteiger partial charge in [0.15, 0.2) is 0 Å². The van der Waals surface area contributed by atoms with Crippen molar-refractivity contribution in [1.29, 1.82) is 0 Å². The second-order valence-corrected chi connectivity index (χ2v) is 5.24. The lowest BCUT2D eigenvalue weighted by Crippen LogP contribution is -2.57. The first-order valence-electron chi connectivity index (χ1n) is 6.74. The van der Waals surface area contributed by atoms with Crippen LogP contribution in [0, 0.1) is 11.8 Å². The number of aliphatic hydroxyl groups is 1. The minimum absolute atomic E-state index is 0.154. The van der Waals surface area contributed by atoms with Crippen molar-refractivity contribution in [2.45, 2.75) is 58.7 Å². The average Bonchev–Trinajstić information content (AvgIpc) is 2.29. The molecule has 96 valence electrons. The zero-order chi connectivity index (χ0) is 12.1. The third kappa shape index (κ3) is 3.44. The quantitative estimate of drug-likeness (QED) is 0.666. The Balaban J connectivity index is 2.55. The van der Waals surface area contributed by atoms with E-state index in [0.717, 1.165) is 25.9 Å². The molecule has 5 atom stereocenters. The van der Waals surface area contributed by atoms with E-state index >= 15 is 0 Å². The van der Waals surface area contributed by atoms with Crippen LogP contribution in [-0.2, 0) is 0 Å². The molecule has 0 spiro atoms. The largest absolute Gasteiger partial charge is 0.393 e. The fourth-order valence-corrected chi connectivity index (χ4v) is 2.87. The first-order chi connectivity index (χ1) is 7.60. The van der Waals surface area contributed by atoms with Crippen LogP contribution in [0.4, 0.5) is 0 Å². The number of hydrogen-bond acceptors (Lipinski definition) is 3. The summed E-state index contributed by atoms with van der Waals surface area (Å²) < 4.78 is 0. The molecule has 0 aromatic rings. The molecular weight excluding hydrogens is 200 g/mol. The molecule has 0 amide bonds. The lowest BCUT2D eigenvalue weighted by molar-refractivity contribution is 0.0539. The molecule has 0 saturated carbocycles. The standard InChI is InChI=1S/C13H28N2O/c1-5-11(13(16)6-2)10(4)12-8-14-7-9(3)15-12/h9-16H,5-8H2,1-4H3. The molecule has 16 heavy (non-hydrogen) atoms. The number of nitrogens with one attached hydrogen (secondary N) is 2. The predicted octanol–water partition coefficient (Wildman–Crippen LogP) is 1.37. The molecule has 3 nitrogen and oxygen atoms in total. The second kappa shape index (κ2) is 6.58. The summed E-state index contributed by atoms with van der Waals surface area (Å²) in [7, 11) is 0. The van der Waals surface area contributed by atoms with Gasteiger partial charge in [-0.25, -0.2) is 0 Å². The van der Waals surface area contributed by atoms with Crippen LogP contribution in [0.15, 0.2) is 0 Å². The van der Waals surface area contributed by atoms with Gasteiger partial charge < -0.3 is 15.7 Å². The van der Waals surface area contributed by atoms with Crippen molar-refractivity contribution in [1.82, 2.24) is 10.6 Å². The van der Waals surface area contributed by atoms with Gasteiger partial charge in [-0.2, -0.15) is 0 Å². The zero-order valence-corrected chi connectivity index (χ0v) is 11.2. The van der Waals surface area contributed by atoms with E-state index in [1.165, 1.54) is 0 Å². The van der Waals surface area contributed by atoms with Crippen molar-refractivity contribution < 1.29 is 5.11 Å². The topological polar surface area (TPSA) is 44.3 Å². The molecule has 0 aromatic carbocycles. The maximum atomic E-state index is 10.0. The Hall–Kier alpha value is -0.120. The minimum Gasteiger partial charge on any atom is -0.393 e. The Kier molecular flexibility index (Phi) is 5.73. The first kappa shape index (κ1) is 13.9. The monoisotopic (exact) mass is 228 g/mol.